The number of amidine groups is 1. The molecule has 0 spiro atoms. The van der Waals surface area contributed by atoms with Crippen LogP contribution in [0.1, 0.15) is 12.5 Å². The Morgan fingerprint density at radius 1 is 1.21 bits per heavy atom. The molecule has 0 bridgehead atoms. The molecule has 2 amide bonds. The summed E-state index contributed by atoms with van der Waals surface area (Å²) < 4.78 is 12.0. The number of nitrogens with zero attached hydrogens (tertiary/aromatic N) is 4. The number of aliphatic imine (C=N–C) groups is 1. The Hall–Kier alpha value is -3.92. The first-order valence-electron chi connectivity index (χ1n) is 10.2. The predicted molar refractivity (Wildman–Crippen MR) is 126 cm³/mol. The number of anilines is 2. The summed E-state index contributed by atoms with van der Waals surface area (Å²) in [5.74, 6) is 0.336. The Morgan fingerprint density at radius 3 is 2.70 bits per heavy atom. The lowest BCUT2D eigenvalue weighted by molar-refractivity contribution is -0.759. The third kappa shape index (κ3) is 5.12. The number of aromatic nitrogens is 2. The first kappa shape index (κ1) is 22.3. The third-order valence-corrected chi connectivity index (χ3v) is 5.64. The molecule has 2 aromatic carbocycles. The second kappa shape index (κ2) is 10.1. The smallest absolute Gasteiger partial charge is 0.302 e. The lowest BCUT2D eigenvalue weighted by atomic mass is 10.1. The summed E-state index contributed by atoms with van der Waals surface area (Å²) in [5.41, 5.74) is 1.65. The predicted octanol–water partition coefficient (Wildman–Crippen LogP) is 3.11. The number of methoxy groups -OCH3 is 1. The van der Waals surface area contributed by atoms with Gasteiger partial charge in [0.25, 0.3) is 12.1 Å². The van der Waals surface area contributed by atoms with Crippen LogP contribution in [-0.2, 0) is 16.1 Å². The quantitative estimate of drug-likeness (QED) is 0.426. The largest absolute Gasteiger partial charge is 0.496 e. The Kier molecular flexibility index (Phi) is 6.84. The highest BCUT2D eigenvalue weighted by Gasteiger charge is 2.32. The fourth-order valence-corrected chi connectivity index (χ4v) is 3.93. The SMILES string of the molecule is CC[n+]1cc(NC(=O)CSC2=N/C(=C/c3ccccc3OC)C(=O)N2c2ccccc2)on1. The van der Waals surface area contributed by atoms with Gasteiger partial charge in [-0.1, -0.05) is 52.8 Å². The molecule has 0 aliphatic carbocycles. The molecule has 9 nitrogen and oxygen atoms in total. The van der Waals surface area contributed by atoms with Crippen LogP contribution in [0.15, 0.2) is 76.0 Å². The fourth-order valence-electron chi connectivity index (χ4n) is 3.12. The topological polar surface area (TPSA) is 101 Å². The number of para-hydroxylation sites is 2. The molecule has 1 aliphatic rings. The van der Waals surface area contributed by atoms with Crippen LogP contribution in [-0.4, -0.2) is 35.1 Å². The summed E-state index contributed by atoms with van der Waals surface area (Å²) in [6.45, 7) is 2.54. The summed E-state index contributed by atoms with van der Waals surface area (Å²) >= 11 is 1.16. The van der Waals surface area contributed by atoms with Gasteiger partial charge in [0, 0.05) is 5.56 Å². The van der Waals surface area contributed by atoms with E-state index in [0.29, 0.717) is 23.1 Å². The minimum absolute atomic E-state index is 0.0320. The molecule has 0 radical (unpaired) electrons. The number of thioether (sulfide) groups is 1. The zero-order valence-corrected chi connectivity index (χ0v) is 18.9. The number of nitrogens with one attached hydrogen (secondary N) is 1. The van der Waals surface area contributed by atoms with Crippen molar-refractivity contribution in [2.75, 3.05) is 23.1 Å². The number of amides is 2. The number of carbonyl (C=O) groups excluding carboxylic acids is 2. The van der Waals surface area contributed by atoms with Gasteiger partial charge in [0.15, 0.2) is 11.7 Å². The van der Waals surface area contributed by atoms with Crippen LogP contribution in [0.25, 0.3) is 6.08 Å². The van der Waals surface area contributed by atoms with Gasteiger partial charge in [-0.2, -0.15) is 0 Å². The van der Waals surface area contributed by atoms with Crippen LogP contribution in [0.3, 0.4) is 0 Å². The molecule has 0 fully saturated rings. The van der Waals surface area contributed by atoms with Crippen LogP contribution >= 0.6 is 11.8 Å². The molecule has 0 saturated carbocycles. The van der Waals surface area contributed by atoms with E-state index < -0.39 is 0 Å². The van der Waals surface area contributed by atoms with E-state index in [1.54, 1.807) is 24.1 Å². The second-order valence-electron chi connectivity index (χ2n) is 6.90. The average Bonchev–Trinajstić information content (AvgIpc) is 3.42. The molecule has 0 atom stereocenters. The van der Waals surface area contributed by atoms with Gasteiger partial charge < -0.3 is 4.74 Å². The van der Waals surface area contributed by atoms with Crippen molar-refractivity contribution in [1.29, 1.82) is 0 Å². The van der Waals surface area contributed by atoms with E-state index in [2.05, 4.69) is 15.6 Å². The average molecular weight is 465 g/mol. The van der Waals surface area contributed by atoms with Gasteiger partial charge in [0.1, 0.15) is 11.4 Å². The van der Waals surface area contributed by atoms with Crippen molar-refractivity contribution in [3.8, 4) is 5.75 Å². The number of hydrogen-bond acceptors (Lipinski definition) is 7. The summed E-state index contributed by atoms with van der Waals surface area (Å²) in [4.78, 5) is 31.7. The van der Waals surface area contributed by atoms with E-state index in [1.165, 1.54) is 4.90 Å². The molecule has 4 rings (SSSR count). The highest BCUT2D eigenvalue weighted by atomic mass is 32.2. The van der Waals surface area contributed by atoms with Gasteiger partial charge in [0.05, 0.1) is 18.6 Å². The standard InChI is InChI=1S/C23H21N5O4S/c1-3-27-14-21(32-26-27)25-20(29)15-33-23-24-18(13-16-9-7-8-12-19(16)31-2)22(30)28(23)17-10-5-4-6-11-17/h4-14H,3,15H2,1-2H3/p+1/b18-13+. The van der Waals surface area contributed by atoms with Gasteiger partial charge in [-0.25, -0.2) is 4.99 Å². The molecule has 1 N–H and O–H groups in total. The minimum atomic E-state index is -0.301. The zero-order chi connectivity index (χ0) is 23.2. The lowest BCUT2D eigenvalue weighted by Gasteiger charge is -2.17. The van der Waals surface area contributed by atoms with E-state index >= 15 is 0 Å². The van der Waals surface area contributed by atoms with E-state index in [9.17, 15) is 9.59 Å². The summed E-state index contributed by atoms with van der Waals surface area (Å²) in [6.07, 6.45) is 3.28. The Balaban J connectivity index is 1.56. The van der Waals surface area contributed by atoms with E-state index in [0.717, 1.165) is 17.3 Å². The monoisotopic (exact) mass is 464 g/mol. The van der Waals surface area contributed by atoms with Crippen molar-refractivity contribution < 1.29 is 23.5 Å². The molecule has 168 valence electrons. The number of carbonyl (C=O) groups is 2. The number of aryl methyl sites for hydroxylation is 1. The van der Waals surface area contributed by atoms with Gasteiger partial charge in [-0.3, -0.25) is 24.3 Å². The van der Waals surface area contributed by atoms with Crippen LogP contribution in [0, 0.1) is 0 Å². The highest BCUT2D eigenvalue weighted by Crippen LogP contribution is 2.30. The lowest BCUT2D eigenvalue weighted by Crippen LogP contribution is -2.33. The molecule has 1 aromatic heterocycles. The highest BCUT2D eigenvalue weighted by molar-refractivity contribution is 8.14. The molecule has 3 aromatic rings. The maximum absolute atomic E-state index is 13.3. The van der Waals surface area contributed by atoms with Crippen molar-refractivity contribution in [3.05, 3.63) is 72.1 Å². The second-order valence-corrected chi connectivity index (χ2v) is 7.84. The first-order valence-corrected chi connectivity index (χ1v) is 11.2. The number of rotatable bonds is 7. The third-order valence-electron chi connectivity index (χ3n) is 4.70. The van der Waals surface area contributed by atoms with Crippen LogP contribution < -0.4 is 19.6 Å². The number of ether oxygens (including phenoxy) is 1. The summed E-state index contributed by atoms with van der Waals surface area (Å²) in [7, 11) is 1.57. The molecule has 0 saturated heterocycles. The van der Waals surface area contributed by atoms with Crippen molar-refractivity contribution in [2.45, 2.75) is 13.5 Å². The fraction of sp³-hybridized carbons (Fsp3) is 0.174. The van der Waals surface area contributed by atoms with Gasteiger partial charge in [-0.05, 0) is 31.2 Å². The Labute approximate surface area is 194 Å². The van der Waals surface area contributed by atoms with Crippen LogP contribution in [0.4, 0.5) is 11.6 Å². The molecule has 0 unspecified atom stereocenters. The van der Waals surface area contributed by atoms with Gasteiger partial charge >= 0.3 is 5.88 Å². The normalized spacial score (nSPS) is 14.5. The van der Waals surface area contributed by atoms with Crippen LogP contribution in [0.5, 0.6) is 5.75 Å². The number of hydrogen-bond donors (Lipinski definition) is 1. The van der Waals surface area contributed by atoms with E-state index in [4.69, 9.17) is 9.26 Å². The van der Waals surface area contributed by atoms with Crippen molar-refractivity contribution >= 4 is 46.4 Å². The molecule has 2 heterocycles. The molecular formula is C23H22N5O4S+. The van der Waals surface area contributed by atoms with Crippen molar-refractivity contribution in [1.82, 2.24) is 5.27 Å². The summed E-state index contributed by atoms with van der Waals surface area (Å²) in [6, 6.07) is 16.6. The Bertz CT molecular complexity index is 1220. The van der Waals surface area contributed by atoms with Gasteiger partial charge in [-0.15, -0.1) is 0 Å². The number of benzene rings is 2. The molecule has 33 heavy (non-hydrogen) atoms. The minimum Gasteiger partial charge on any atom is -0.496 e. The molecule has 1 aliphatic heterocycles. The Morgan fingerprint density at radius 2 is 1.97 bits per heavy atom. The maximum atomic E-state index is 13.3. The van der Waals surface area contributed by atoms with Gasteiger partial charge in [0.2, 0.25) is 11.2 Å². The molecular weight excluding hydrogens is 442 g/mol. The first-order chi connectivity index (χ1) is 16.1. The van der Waals surface area contributed by atoms with Crippen molar-refractivity contribution in [3.63, 3.8) is 0 Å². The molecule has 10 heteroatoms. The maximum Gasteiger partial charge on any atom is 0.302 e. The van der Waals surface area contributed by atoms with Crippen LogP contribution in [0.2, 0.25) is 0 Å². The summed E-state index contributed by atoms with van der Waals surface area (Å²) in [5, 5.41) is 6.84. The van der Waals surface area contributed by atoms with E-state index in [-0.39, 0.29) is 29.1 Å². The van der Waals surface area contributed by atoms with E-state index in [1.807, 2.05) is 61.5 Å². The van der Waals surface area contributed by atoms with Crippen molar-refractivity contribution in [2.24, 2.45) is 4.99 Å². The zero-order valence-electron chi connectivity index (χ0n) is 18.1.